The Hall–Kier alpha value is -3.71. The molecule has 200 valence electrons. The van der Waals surface area contributed by atoms with E-state index in [2.05, 4.69) is 52.3 Å². The second-order valence-electron chi connectivity index (χ2n) is 10.1. The van der Waals surface area contributed by atoms with Crippen LogP contribution in [0.5, 0.6) is 17.2 Å². The third-order valence-corrected chi connectivity index (χ3v) is 7.56. The lowest BCUT2D eigenvalue weighted by Crippen LogP contribution is -2.51. The van der Waals surface area contributed by atoms with Crippen LogP contribution < -0.4 is 19.1 Å². The van der Waals surface area contributed by atoms with Gasteiger partial charge in [-0.25, -0.2) is 0 Å². The molecule has 0 spiro atoms. The predicted octanol–water partition coefficient (Wildman–Crippen LogP) is 5.07. The second-order valence-corrected chi connectivity index (χ2v) is 10.1. The fraction of sp³-hybridized carbons (Fsp3) is 0.387. The highest BCUT2D eigenvalue weighted by molar-refractivity contribution is 5.73. The smallest absolute Gasteiger partial charge is 0.219 e. The molecule has 1 amide bonds. The normalized spacial score (nSPS) is 16.2. The van der Waals surface area contributed by atoms with Gasteiger partial charge in [-0.1, -0.05) is 36.4 Å². The largest absolute Gasteiger partial charge is 0.493 e. The number of carbonyl (C=O) groups is 1. The van der Waals surface area contributed by atoms with Crippen molar-refractivity contribution in [3.8, 4) is 17.2 Å². The molecule has 0 aromatic heterocycles. The maximum absolute atomic E-state index is 11.9. The zero-order valence-electron chi connectivity index (χ0n) is 22.6. The first-order valence-electron chi connectivity index (χ1n) is 13.3. The molecule has 0 atom stereocenters. The maximum Gasteiger partial charge on any atom is 0.219 e. The number of nitrogens with zero attached hydrogens (tertiary/aromatic N) is 3. The van der Waals surface area contributed by atoms with Crippen LogP contribution in [0, 0.1) is 0 Å². The molecule has 0 N–H and O–H groups in total. The summed E-state index contributed by atoms with van der Waals surface area (Å²) in [6.45, 7) is 6.27. The van der Waals surface area contributed by atoms with Crippen LogP contribution in [-0.2, 0) is 24.5 Å². The van der Waals surface area contributed by atoms with Crippen molar-refractivity contribution in [1.82, 2.24) is 9.80 Å². The van der Waals surface area contributed by atoms with E-state index in [4.69, 9.17) is 14.2 Å². The third kappa shape index (κ3) is 5.89. The summed E-state index contributed by atoms with van der Waals surface area (Å²) in [6.07, 6.45) is 1.94. The molecule has 0 saturated carbocycles. The van der Waals surface area contributed by atoms with Crippen LogP contribution in [0.4, 0.5) is 5.69 Å². The van der Waals surface area contributed by atoms with Gasteiger partial charge in [-0.15, -0.1) is 0 Å². The molecule has 2 aliphatic heterocycles. The predicted molar refractivity (Wildman–Crippen MR) is 149 cm³/mol. The number of methoxy groups -OCH3 is 2. The van der Waals surface area contributed by atoms with Crippen LogP contribution in [-0.4, -0.2) is 55.7 Å². The standard InChI is InChI=1S/C31H37N3O4/c1-23(35)33-15-13-27(14-16-33)34-22-32(19-25-9-12-30(36-2)31(17-25)37-3)20-26-18-28(10-11-29(26)34)38-21-24-7-5-4-6-8-24/h4-12,17-18,27H,13-16,19-22H2,1-3H3. The molecule has 0 unspecified atom stereocenters. The molecule has 1 saturated heterocycles. The number of rotatable bonds is 8. The Labute approximate surface area is 225 Å². The first-order valence-corrected chi connectivity index (χ1v) is 13.3. The van der Waals surface area contributed by atoms with E-state index in [-0.39, 0.29) is 5.91 Å². The highest BCUT2D eigenvalue weighted by Crippen LogP contribution is 2.36. The molecule has 2 aliphatic rings. The van der Waals surface area contributed by atoms with E-state index in [1.807, 2.05) is 29.2 Å². The number of ether oxygens (including phenoxy) is 3. The zero-order chi connectivity index (χ0) is 26.5. The number of carbonyl (C=O) groups excluding carboxylic acids is 1. The van der Waals surface area contributed by atoms with Crippen LogP contribution in [0.1, 0.15) is 36.5 Å². The number of fused-ring (bicyclic) bond motifs is 1. The summed E-state index contributed by atoms with van der Waals surface area (Å²) in [7, 11) is 3.33. The summed E-state index contributed by atoms with van der Waals surface area (Å²) in [4.78, 5) is 18.9. The van der Waals surface area contributed by atoms with E-state index in [9.17, 15) is 4.79 Å². The van der Waals surface area contributed by atoms with Gasteiger partial charge in [0.1, 0.15) is 12.4 Å². The monoisotopic (exact) mass is 515 g/mol. The molecule has 3 aromatic carbocycles. The molecule has 7 heteroatoms. The molecular weight excluding hydrogens is 478 g/mol. The molecule has 0 aliphatic carbocycles. The van der Waals surface area contributed by atoms with Gasteiger partial charge >= 0.3 is 0 Å². The molecule has 2 heterocycles. The third-order valence-electron chi connectivity index (χ3n) is 7.56. The molecule has 0 radical (unpaired) electrons. The Morgan fingerprint density at radius 1 is 0.895 bits per heavy atom. The highest BCUT2D eigenvalue weighted by atomic mass is 16.5. The number of anilines is 1. The van der Waals surface area contributed by atoms with Crippen LogP contribution in [0.15, 0.2) is 66.7 Å². The fourth-order valence-electron chi connectivity index (χ4n) is 5.53. The minimum Gasteiger partial charge on any atom is -0.493 e. The molecule has 5 rings (SSSR count). The van der Waals surface area contributed by atoms with Gasteiger partial charge in [0.15, 0.2) is 11.5 Å². The Morgan fingerprint density at radius 2 is 1.66 bits per heavy atom. The van der Waals surface area contributed by atoms with Crippen molar-refractivity contribution in [2.75, 3.05) is 38.9 Å². The first kappa shape index (κ1) is 25.9. The summed E-state index contributed by atoms with van der Waals surface area (Å²) in [5.41, 5.74) is 4.85. The van der Waals surface area contributed by atoms with Gasteiger partial charge in [0, 0.05) is 44.8 Å². The van der Waals surface area contributed by atoms with Crippen molar-refractivity contribution < 1.29 is 19.0 Å². The summed E-state index contributed by atoms with van der Waals surface area (Å²) < 4.78 is 17.2. The number of hydrogen-bond acceptors (Lipinski definition) is 6. The van der Waals surface area contributed by atoms with Gasteiger partial charge in [-0.2, -0.15) is 0 Å². The summed E-state index contributed by atoms with van der Waals surface area (Å²) in [6, 6.07) is 23.3. The zero-order valence-corrected chi connectivity index (χ0v) is 22.6. The SMILES string of the molecule is COc1ccc(CN2Cc3cc(OCc4ccccc4)ccc3N(C3CCN(C(C)=O)CC3)C2)cc1OC. The Morgan fingerprint density at radius 3 is 2.37 bits per heavy atom. The summed E-state index contributed by atoms with van der Waals surface area (Å²) in [5, 5.41) is 0. The second kappa shape index (κ2) is 11.8. The number of likely N-dealkylation sites (tertiary alicyclic amines) is 1. The van der Waals surface area contributed by atoms with Crippen molar-refractivity contribution in [1.29, 1.82) is 0 Å². The van der Waals surface area contributed by atoms with E-state index < -0.39 is 0 Å². The Balaban J connectivity index is 1.37. The molecule has 0 bridgehead atoms. The van der Waals surface area contributed by atoms with E-state index in [0.29, 0.717) is 12.6 Å². The minimum absolute atomic E-state index is 0.165. The lowest BCUT2D eigenvalue weighted by atomic mass is 9.99. The average Bonchev–Trinajstić information content (AvgIpc) is 2.96. The summed E-state index contributed by atoms with van der Waals surface area (Å²) in [5.74, 6) is 2.52. The number of hydrogen-bond donors (Lipinski definition) is 0. The molecule has 7 nitrogen and oxygen atoms in total. The molecule has 1 fully saturated rings. The highest BCUT2D eigenvalue weighted by Gasteiger charge is 2.31. The lowest BCUT2D eigenvalue weighted by molar-refractivity contribution is -0.129. The van der Waals surface area contributed by atoms with Crippen LogP contribution in [0.25, 0.3) is 0 Å². The van der Waals surface area contributed by atoms with Gasteiger partial charge in [-0.3, -0.25) is 9.69 Å². The van der Waals surface area contributed by atoms with Crippen molar-refractivity contribution >= 4 is 11.6 Å². The van der Waals surface area contributed by atoms with Gasteiger partial charge in [0.2, 0.25) is 5.91 Å². The number of benzene rings is 3. The van der Waals surface area contributed by atoms with Crippen LogP contribution in [0.3, 0.4) is 0 Å². The number of amides is 1. The minimum atomic E-state index is 0.165. The number of piperidine rings is 1. The van der Waals surface area contributed by atoms with E-state index in [1.54, 1.807) is 21.1 Å². The first-order chi connectivity index (χ1) is 18.5. The molecule has 38 heavy (non-hydrogen) atoms. The van der Waals surface area contributed by atoms with E-state index >= 15 is 0 Å². The summed E-state index contributed by atoms with van der Waals surface area (Å²) >= 11 is 0. The van der Waals surface area contributed by atoms with Gasteiger partial charge in [0.05, 0.1) is 20.9 Å². The average molecular weight is 516 g/mol. The molecule has 3 aromatic rings. The van der Waals surface area contributed by atoms with Crippen molar-refractivity contribution in [3.63, 3.8) is 0 Å². The van der Waals surface area contributed by atoms with Crippen LogP contribution in [0.2, 0.25) is 0 Å². The lowest BCUT2D eigenvalue weighted by Gasteiger charge is -2.45. The van der Waals surface area contributed by atoms with Crippen LogP contribution >= 0.6 is 0 Å². The Kier molecular flexibility index (Phi) is 8.03. The van der Waals surface area contributed by atoms with Gasteiger partial charge in [-0.05, 0) is 59.9 Å². The van der Waals surface area contributed by atoms with E-state index in [0.717, 1.165) is 68.5 Å². The quantitative estimate of drug-likeness (QED) is 0.417. The van der Waals surface area contributed by atoms with Gasteiger partial charge in [0.25, 0.3) is 0 Å². The molecular formula is C31H37N3O4. The fourth-order valence-corrected chi connectivity index (χ4v) is 5.53. The Bertz CT molecular complexity index is 1240. The van der Waals surface area contributed by atoms with Crippen molar-refractivity contribution in [2.45, 2.75) is 45.5 Å². The van der Waals surface area contributed by atoms with Crippen molar-refractivity contribution in [2.24, 2.45) is 0 Å². The van der Waals surface area contributed by atoms with E-state index in [1.165, 1.54) is 16.8 Å². The topological polar surface area (TPSA) is 54.5 Å². The van der Waals surface area contributed by atoms with Crippen molar-refractivity contribution in [3.05, 3.63) is 83.4 Å². The maximum atomic E-state index is 11.9. The van der Waals surface area contributed by atoms with Gasteiger partial charge < -0.3 is 24.0 Å².